The lowest BCUT2D eigenvalue weighted by Crippen LogP contribution is -1.94. The predicted octanol–water partition coefficient (Wildman–Crippen LogP) is 2.46. The van der Waals surface area contributed by atoms with Gasteiger partial charge in [-0.3, -0.25) is 0 Å². The van der Waals surface area contributed by atoms with E-state index in [1.54, 1.807) is 6.07 Å². The predicted molar refractivity (Wildman–Crippen MR) is 60.4 cm³/mol. The molecule has 6 heteroatoms. The molecule has 0 amide bonds. The Balaban J connectivity index is 2.75. The van der Waals surface area contributed by atoms with Gasteiger partial charge in [0.25, 0.3) is 0 Å². The van der Waals surface area contributed by atoms with Crippen LogP contribution in [-0.2, 0) is 9.84 Å². The van der Waals surface area contributed by atoms with E-state index in [9.17, 15) is 8.42 Å². The average molecular weight is 292 g/mol. The molecule has 1 heterocycles. The number of sulfone groups is 1. The number of benzene rings is 1. The number of aromatic nitrogens is 1. The van der Waals surface area contributed by atoms with Crippen molar-refractivity contribution >= 4 is 47.3 Å². The summed E-state index contributed by atoms with van der Waals surface area (Å²) in [7, 11) is -3.19. The van der Waals surface area contributed by atoms with Gasteiger partial charge in [-0.2, -0.15) is 0 Å². The maximum atomic E-state index is 11.2. The van der Waals surface area contributed by atoms with E-state index in [1.807, 2.05) is 12.1 Å². The Kier molecular flexibility index (Phi) is 2.36. The first-order valence-electron chi connectivity index (χ1n) is 3.73. The van der Waals surface area contributed by atoms with Crippen LogP contribution in [0.2, 0.25) is 0 Å². The molecule has 0 aliphatic heterocycles. The molecule has 74 valence electrons. The van der Waals surface area contributed by atoms with Crippen molar-refractivity contribution in [1.29, 1.82) is 0 Å². The first-order valence-corrected chi connectivity index (χ1v) is 7.23. The zero-order valence-corrected chi connectivity index (χ0v) is 10.4. The normalized spacial score (nSPS) is 12.1. The first-order chi connectivity index (χ1) is 6.47. The minimum absolute atomic E-state index is 0.172. The maximum Gasteiger partial charge on any atom is 0.210 e. The molecule has 0 N–H and O–H groups in total. The molecule has 2 rings (SSSR count). The number of hydrogen-bond donors (Lipinski definition) is 0. The van der Waals surface area contributed by atoms with Crippen molar-refractivity contribution in [3.63, 3.8) is 0 Å². The molecule has 2 aromatic rings. The third-order valence-corrected chi connectivity index (χ3v) is 4.84. The molecule has 0 bridgehead atoms. The van der Waals surface area contributed by atoms with Crippen LogP contribution >= 0.6 is 27.3 Å². The third-order valence-electron chi connectivity index (χ3n) is 1.65. The Morgan fingerprint density at radius 2 is 2.14 bits per heavy atom. The van der Waals surface area contributed by atoms with Gasteiger partial charge in [0, 0.05) is 10.7 Å². The molecular formula is C8H6BrNO2S2. The summed E-state index contributed by atoms with van der Waals surface area (Å²) >= 11 is 4.51. The van der Waals surface area contributed by atoms with Crippen molar-refractivity contribution in [2.45, 2.75) is 4.34 Å². The van der Waals surface area contributed by atoms with Crippen molar-refractivity contribution < 1.29 is 8.42 Å². The van der Waals surface area contributed by atoms with Gasteiger partial charge in [-0.25, -0.2) is 13.4 Å². The summed E-state index contributed by atoms with van der Waals surface area (Å²) < 4.78 is 24.4. The summed E-state index contributed by atoms with van der Waals surface area (Å²) in [6.45, 7) is 0. The highest BCUT2D eigenvalue weighted by atomic mass is 79.9. The number of fused-ring (bicyclic) bond motifs is 1. The van der Waals surface area contributed by atoms with Crippen LogP contribution in [0.1, 0.15) is 0 Å². The minimum atomic E-state index is -3.19. The number of nitrogens with zero attached hydrogens (tertiary/aromatic N) is 1. The second kappa shape index (κ2) is 3.29. The Morgan fingerprint density at radius 3 is 2.79 bits per heavy atom. The number of rotatable bonds is 1. The Morgan fingerprint density at radius 1 is 1.43 bits per heavy atom. The van der Waals surface area contributed by atoms with E-state index in [0.717, 1.165) is 14.7 Å². The van der Waals surface area contributed by atoms with E-state index in [-0.39, 0.29) is 4.34 Å². The van der Waals surface area contributed by atoms with Crippen LogP contribution in [0, 0.1) is 0 Å². The van der Waals surface area contributed by atoms with Crippen molar-refractivity contribution in [2.75, 3.05) is 6.26 Å². The largest absolute Gasteiger partial charge is 0.225 e. The molecule has 0 atom stereocenters. The van der Waals surface area contributed by atoms with Crippen LogP contribution in [0.5, 0.6) is 0 Å². The van der Waals surface area contributed by atoms with Gasteiger partial charge in [0.15, 0.2) is 0 Å². The summed E-state index contributed by atoms with van der Waals surface area (Å²) in [5.41, 5.74) is 0.721. The number of halogens is 1. The third kappa shape index (κ3) is 1.82. The van der Waals surface area contributed by atoms with E-state index in [0.29, 0.717) is 0 Å². The fourth-order valence-corrected chi connectivity index (χ4v) is 3.42. The molecule has 0 unspecified atom stereocenters. The zero-order chi connectivity index (χ0) is 10.3. The summed E-state index contributed by atoms with van der Waals surface area (Å²) in [4.78, 5) is 4.03. The van der Waals surface area contributed by atoms with Crippen molar-refractivity contribution in [1.82, 2.24) is 4.98 Å². The van der Waals surface area contributed by atoms with Gasteiger partial charge in [-0.05, 0) is 18.2 Å². The molecule has 14 heavy (non-hydrogen) atoms. The van der Waals surface area contributed by atoms with Gasteiger partial charge < -0.3 is 0 Å². The van der Waals surface area contributed by atoms with Crippen LogP contribution < -0.4 is 0 Å². The first kappa shape index (κ1) is 10.1. The Hall–Kier alpha value is -0.460. The second-order valence-corrected chi connectivity index (χ2v) is 7.00. The van der Waals surface area contributed by atoms with Gasteiger partial charge >= 0.3 is 0 Å². The molecule has 0 saturated carbocycles. The smallest absolute Gasteiger partial charge is 0.210 e. The van der Waals surface area contributed by atoms with Gasteiger partial charge in [-0.15, -0.1) is 11.3 Å². The molecule has 0 fully saturated rings. The summed E-state index contributed by atoms with van der Waals surface area (Å²) in [6.07, 6.45) is 1.17. The molecule has 0 saturated heterocycles. The highest BCUT2D eigenvalue weighted by Crippen LogP contribution is 2.27. The van der Waals surface area contributed by atoms with Crippen molar-refractivity contribution in [3.8, 4) is 0 Å². The van der Waals surface area contributed by atoms with Gasteiger partial charge in [-0.1, -0.05) is 15.9 Å². The number of hydrogen-bond acceptors (Lipinski definition) is 4. The van der Waals surface area contributed by atoms with E-state index >= 15 is 0 Å². The molecule has 0 aliphatic carbocycles. The molecule has 1 aromatic carbocycles. The summed E-state index contributed by atoms with van der Waals surface area (Å²) in [5.74, 6) is 0. The van der Waals surface area contributed by atoms with Crippen molar-refractivity contribution in [3.05, 3.63) is 22.7 Å². The Bertz CT molecular complexity index is 588. The highest BCUT2D eigenvalue weighted by Gasteiger charge is 2.13. The molecule has 0 aliphatic rings. The van der Waals surface area contributed by atoms with E-state index in [2.05, 4.69) is 20.9 Å². The van der Waals surface area contributed by atoms with Crippen molar-refractivity contribution in [2.24, 2.45) is 0 Å². The quantitative estimate of drug-likeness (QED) is 0.811. The molecule has 0 spiro atoms. The molecular weight excluding hydrogens is 286 g/mol. The lowest BCUT2D eigenvalue weighted by atomic mass is 10.3. The van der Waals surface area contributed by atoms with Crippen LogP contribution in [0.25, 0.3) is 10.2 Å². The van der Waals surface area contributed by atoms with Crippen LogP contribution in [0.3, 0.4) is 0 Å². The maximum absolute atomic E-state index is 11.2. The lowest BCUT2D eigenvalue weighted by molar-refractivity contribution is 0.601. The molecule has 1 aromatic heterocycles. The summed E-state index contributed by atoms with van der Waals surface area (Å²) in [6, 6.07) is 5.50. The van der Waals surface area contributed by atoms with Crippen LogP contribution in [0.15, 0.2) is 27.0 Å². The van der Waals surface area contributed by atoms with Gasteiger partial charge in [0.05, 0.1) is 10.2 Å². The number of thiazole rings is 1. The van der Waals surface area contributed by atoms with E-state index in [1.165, 1.54) is 17.6 Å². The van der Waals surface area contributed by atoms with Gasteiger partial charge in [0.2, 0.25) is 14.2 Å². The fraction of sp³-hybridized carbons (Fsp3) is 0.125. The van der Waals surface area contributed by atoms with Gasteiger partial charge in [0.1, 0.15) is 0 Å². The van der Waals surface area contributed by atoms with Crippen LogP contribution in [0.4, 0.5) is 0 Å². The highest BCUT2D eigenvalue weighted by molar-refractivity contribution is 9.10. The van der Waals surface area contributed by atoms with E-state index < -0.39 is 9.84 Å². The SMILES string of the molecule is CS(=O)(=O)c1nc2ccc(Br)cc2s1. The zero-order valence-electron chi connectivity index (χ0n) is 7.19. The topological polar surface area (TPSA) is 47.0 Å². The summed E-state index contributed by atoms with van der Waals surface area (Å²) in [5, 5.41) is 0. The van der Waals surface area contributed by atoms with E-state index in [4.69, 9.17) is 0 Å². The second-order valence-electron chi connectivity index (χ2n) is 2.86. The fourth-order valence-electron chi connectivity index (χ4n) is 1.04. The monoisotopic (exact) mass is 291 g/mol. The van der Waals surface area contributed by atoms with Crippen LogP contribution in [-0.4, -0.2) is 19.7 Å². The average Bonchev–Trinajstić information content (AvgIpc) is 2.45. The lowest BCUT2D eigenvalue weighted by Gasteiger charge is -1.86. The molecule has 3 nitrogen and oxygen atoms in total. The minimum Gasteiger partial charge on any atom is -0.225 e. The standard InChI is InChI=1S/C8H6BrNO2S2/c1-14(11,12)8-10-6-3-2-5(9)4-7(6)13-8/h2-4H,1H3. The Labute approximate surface area is 93.8 Å². The molecule has 0 radical (unpaired) electrons.